The lowest BCUT2D eigenvalue weighted by molar-refractivity contribution is -0.122. The molecule has 0 radical (unpaired) electrons. The van der Waals surface area contributed by atoms with Crippen molar-refractivity contribution in [2.24, 2.45) is 0 Å². The zero-order valence-electron chi connectivity index (χ0n) is 71.5. The molecule has 3 fully saturated rings. The third-order valence-electron chi connectivity index (χ3n) is 25.0. The Labute approximate surface area is 727 Å². The number of anilines is 11. The number of amides is 3. The average molecular weight is 1700 g/mol. The summed E-state index contributed by atoms with van der Waals surface area (Å²) in [5, 5.41) is 11.2. The maximum absolute atomic E-state index is 13.6. The molecule has 126 heavy (non-hydrogen) atoms. The molecule has 1 atom stereocenters. The molecule has 21 rings (SSSR count). The van der Waals surface area contributed by atoms with Gasteiger partial charge in [-0.25, -0.2) is 43.0 Å². The molecule has 6 aromatic heterocycles. The van der Waals surface area contributed by atoms with Crippen LogP contribution in [-0.4, -0.2) is 234 Å². The maximum Gasteiger partial charge on any atom is 0.278 e. The standard InChI is InChI=1S/3C31H34N8O3/c1-21-19-36(16-15-35(21)2)23-9-7-22(8-10-23)33-31-32-18-25-29(34-31)39-24-11-12-27-26(17-24)37(28(40)20-42-27)13-5-3-4-6-14-38(39)30(25)41;1-21-17-22(7-9-25(21)36-15-13-35(2)14-16-36)33-31-32-19-24-29(34-31)39-23-8-10-27-26(18-23)37(28(40)20-42-27)11-5-3-4-6-12-38(39)30(24)41;1-35-14-16-36(17-15-35)20-22-6-8-23(9-7-22)33-31-32-19-25-29(34-31)39-24-10-11-27-26(18-24)37(28(40)21-42-27)12-4-2-3-5-13-38(39)30(25)41/h4,6-12,17-18,21H,3,5,13-16,19-20H2,1-2H3,(H,32,33,34);4,6-10,17-19H,3,5,11-16,20H2,1-2H3,(H,32,33,34);3,5-11,18-19H,2,4,12-17,20-21H2,1H3,(H,32,33,34). The summed E-state index contributed by atoms with van der Waals surface area (Å²) in [5.74, 6) is 2.94. The SMILES string of the molecule is CC1CN(c2ccc(Nc3ncc4c(=O)n5n(c4n3)-c3ccc4c(c3)N(CCCC=CC5)C(=O)CO4)cc2)CCN1C.CN1CCN(Cc2ccc(Nc3ncc4c(=O)n5n(c4n3)-c3ccc4c(c3)N(CCCC=CC5)C(=O)CO4)cc2)CC1.Cc1cc(Nc2ncc3c(=O)n4n(c3n2)-c2ccc3c(c2)N(CCCC=CC4)C(=O)CO3)ccc1N1CCN(C)CC1. The molecular formula is C93H102N24O9. The number of piperazine rings is 3. The van der Waals surface area contributed by atoms with E-state index in [4.69, 9.17) is 29.2 Å². The van der Waals surface area contributed by atoms with Gasteiger partial charge >= 0.3 is 0 Å². The van der Waals surface area contributed by atoms with Crippen molar-refractivity contribution in [2.45, 2.75) is 84.6 Å². The van der Waals surface area contributed by atoms with Crippen LogP contribution in [0.2, 0.25) is 0 Å². The topological polar surface area (TPSA) is 302 Å². The molecule has 6 aromatic carbocycles. The second kappa shape index (κ2) is 35.5. The van der Waals surface area contributed by atoms with Crippen LogP contribution < -0.4 is 71.3 Å². The Morgan fingerprint density at radius 1 is 0.389 bits per heavy atom. The number of allylic oxidation sites excluding steroid dienone is 6. The molecule has 3 amide bonds. The fourth-order valence-electron chi connectivity index (χ4n) is 17.7. The van der Waals surface area contributed by atoms with Gasteiger partial charge in [0.05, 0.1) is 53.8 Å². The molecule has 12 aromatic rings. The molecule has 9 aliphatic rings. The predicted octanol–water partition coefficient (Wildman–Crippen LogP) is 10.2. The van der Waals surface area contributed by atoms with Crippen LogP contribution in [0.4, 0.5) is 63.3 Å². The number of likely N-dealkylation sites (N-methyl/N-ethyl adjacent to an activating group) is 3. The van der Waals surface area contributed by atoms with Crippen molar-refractivity contribution >= 4 is 114 Å². The fourth-order valence-corrected chi connectivity index (χ4v) is 17.7. The lowest BCUT2D eigenvalue weighted by Gasteiger charge is -2.39. The third-order valence-corrected chi connectivity index (χ3v) is 25.0. The summed E-state index contributed by atoms with van der Waals surface area (Å²) >= 11 is 0. The van der Waals surface area contributed by atoms with Gasteiger partial charge in [-0.2, -0.15) is 15.0 Å². The van der Waals surface area contributed by atoms with Gasteiger partial charge in [0.25, 0.3) is 34.4 Å². The van der Waals surface area contributed by atoms with E-state index in [1.54, 1.807) is 47.3 Å². The van der Waals surface area contributed by atoms with Crippen LogP contribution in [0.15, 0.2) is 191 Å². The largest absolute Gasteiger partial charge is 0.482 e. The highest BCUT2D eigenvalue weighted by Crippen LogP contribution is 2.40. The molecule has 3 saturated heterocycles. The van der Waals surface area contributed by atoms with E-state index in [0.29, 0.717) is 136 Å². The summed E-state index contributed by atoms with van der Waals surface area (Å²) in [4.78, 5) is 127. The van der Waals surface area contributed by atoms with Crippen LogP contribution in [0.3, 0.4) is 0 Å². The van der Waals surface area contributed by atoms with Gasteiger partial charge < -0.3 is 69.4 Å². The summed E-state index contributed by atoms with van der Waals surface area (Å²) < 4.78 is 27.6. The second-order valence-corrected chi connectivity index (χ2v) is 33.5. The molecule has 9 aliphatic heterocycles. The molecule has 648 valence electrons. The fraction of sp³-hybridized carbons (Fsp3) is 0.355. The number of aromatic nitrogens is 12. The smallest absolute Gasteiger partial charge is 0.278 e. The molecule has 6 bridgehead atoms. The van der Waals surface area contributed by atoms with Crippen LogP contribution in [-0.2, 0) is 40.6 Å². The molecule has 3 N–H and O–H groups in total. The Bertz CT molecular complexity index is 6450. The van der Waals surface area contributed by atoms with Gasteiger partial charge in [-0.3, -0.25) is 33.7 Å². The van der Waals surface area contributed by atoms with E-state index in [0.717, 1.165) is 145 Å². The number of carbonyl (C=O) groups is 3. The summed E-state index contributed by atoms with van der Waals surface area (Å²) in [6.45, 7) is 19.9. The molecule has 1 unspecified atom stereocenters. The monoisotopic (exact) mass is 1700 g/mol. The summed E-state index contributed by atoms with van der Waals surface area (Å²) in [6.07, 6.45) is 21.8. The molecule has 0 spiro atoms. The van der Waals surface area contributed by atoms with Crippen molar-refractivity contribution in [3.63, 3.8) is 0 Å². The number of aryl methyl sites for hydroxylation is 1. The second-order valence-electron chi connectivity index (χ2n) is 33.5. The van der Waals surface area contributed by atoms with Gasteiger partial charge in [0.1, 0.15) is 33.4 Å². The number of hydrogen-bond donors (Lipinski definition) is 3. The van der Waals surface area contributed by atoms with E-state index in [1.807, 2.05) is 117 Å². The minimum atomic E-state index is -0.175. The summed E-state index contributed by atoms with van der Waals surface area (Å²) in [5.41, 5.74) is 12.7. The zero-order valence-corrected chi connectivity index (χ0v) is 71.5. The first kappa shape index (κ1) is 81.9. The molecule has 0 aliphatic carbocycles. The molecular weight excluding hydrogens is 1600 g/mol. The lowest BCUT2D eigenvalue weighted by atomic mass is 10.1. The van der Waals surface area contributed by atoms with Crippen molar-refractivity contribution in [1.82, 2.24) is 77.6 Å². The number of ether oxygens (including phenoxy) is 3. The Hall–Kier alpha value is -13.8. The van der Waals surface area contributed by atoms with Crippen LogP contribution in [0.1, 0.15) is 56.6 Å². The molecule has 33 nitrogen and oxygen atoms in total. The molecule has 33 heteroatoms. The van der Waals surface area contributed by atoms with Crippen LogP contribution in [0, 0.1) is 6.92 Å². The van der Waals surface area contributed by atoms with Crippen molar-refractivity contribution in [1.29, 1.82) is 0 Å². The number of nitrogens with zero attached hydrogens (tertiary/aromatic N) is 21. The number of hydrogen-bond acceptors (Lipinski definition) is 24. The Balaban J connectivity index is 0.000000123. The highest BCUT2D eigenvalue weighted by atomic mass is 16.5. The number of fused-ring (bicyclic) bond motifs is 15. The van der Waals surface area contributed by atoms with Gasteiger partial charge in [-0.1, -0.05) is 48.6 Å². The predicted molar refractivity (Wildman–Crippen MR) is 489 cm³/mol. The summed E-state index contributed by atoms with van der Waals surface area (Å²) in [7, 11) is 6.50. The van der Waals surface area contributed by atoms with E-state index in [1.165, 1.54) is 22.5 Å². The zero-order chi connectivity index (χ0) is 86.2. The van der Waals surface area contributed by atoms with Gasteiger partial charge in [0, 0.05) is 151 Å². The van der Waals surface area contributed by atoms with Crippen molar-refractivity contribution in [3.8, 4) is 34.3 Å². The van der Waals surface area contributed by atoms with E-state index in [2.05, 4.69) is 150 Å². The number of benzene rings is 6. The van der Waals surface area contributed by atoms with E-state index >= 15 is 0 Å². The number of carbonyl (C=O) groups excluding carboxylic acids is 3. The van der Waals surface area contributed by atoms with Crippen LogP contribution >= 0.6 is 0 Å². The third kappa shape index (κ3) is 16.8. The number of nitrogens with one attached hydrogen (secondary N) is 3. The highest BCUT2D eigenvalue weighted by molar-refractivity contribution is 6.00. The Morgan fingerprint density at radius 2 is 0.770 bits per heavy atom. The van der Waals surface area contributed by atoms with E-state index in [9.17, 15) is 28.8 Å². The normalized spacial score (nSPS) is 18.2. The maximum atomic E-state index is 13.6. The minimum Gasteiger partial charge on any atom is -0.482 e. The minimum absolute atomic E-state index is 0.0249. The van der Waals surface area contributed by atoms with Gasteiger partial charge in [0.15, 0.2) is 36.8 Å². The molecule has 15 heterocycles. The van der Waals surface area contributed by atoms with Crippen LogP contribution in [0.25, 0.3) is 50.2 Å². The first-order valence-electron chi connectivity index (χ1n) is 43.5. The number of rotatable bonds is 10. The first-order valence-corrected chi connectivity index (χ1v) is 43.5. The summed E-state index contributed by atoms with van der Waals surface area (Å²) in [6, 6.07) is 40.4. The van der Waals surface area contributed by atoms with Gasteiger partial charge in [-0.05, 0) is 194 Å². The Kier molecular flexibility index (Phi) is 23.0. The van der Waals surface area contributed by atoms with E-state index in [-0.39, 0.29) is 54.2 Å². The van der Waals surface area contributed by atoms with Crippen molar-refractivity contribution in [3.05, 3.63) is 219 Å². The lowest BCUT2D eigenvalue weighted by Crippen LogP contribution is -2.50. The van der Waals surface area contributed by atoms with Crippen LogP contribution in [0.5, 0.6) is 17.2 Å². The molecule has 0 saturated carbocycles. The van der Waals surface area contributed by atoms with Gasteiger partial charge in [0.2, 0.25) is 17.8 Å². The quantitative estimate of drug-likeness (QED) is 0.107. The average Bonchev–Trinajstić information content (AvgIpc) is 1.60. The van der Waals surface area contributed by atoms with Gasteiger partial charge in [-0.15, -0.1) is 0 Å². The highest BCUT2D eigenvalue weighted by Gasteiger charge is 2.33. The Morgan fingerprint density at radius 3 is 1.18 bits per heavy atom. The van der Waals surface area contributed by atoms with E-state index < -0.39 is 0 Å². The van der Waals surface area contributed by atoms with Crippen molar-refractivity contribution in [2.75, 3.05) is 173 Å². The first-order chi connectivity index (χ1) is 61.4. The van der Waals surface area contributed by atoms with Crippen molar-refractivity contribution < 1.29 is 28.6 Å².